The molecule has 7 heteroatoms. The standard InChI is InChI=1S/C18H15F2NO3S/c1-3-21-10-17(25(23,24)12-6-4-11(2)5-7-12)18(22)13-8-14(19)15(20)9-16(13)21/h4-10H,3H2,1-2H3. The predicted octanol–water partition coefficient (Wildman–Crippen LogP) is 3.44. The van der Waals surface area contributed by atoms with E-state index in [0.717, 1.165) is 17.7 Å². The Bertz CT molecular complexity index is 1130. The Morgan fingerprint density at radius 2 is 1.64 bits per heavy atom. The van der Waals surface area contributed by atoms with Gasteiger partial charge in [0.25, 0.3) is 0 Å². The Labute approximate surface area is 143 Å². The molecular weight excluding hydrogens is 348 g/mol. The molecule has 0 spiro atoms. The zero-order valence-electron chi connectivity index (χ0n) is 13.6. The van der Waals surface area contributed by atoms with E-state index in [1.165, 1.54) is 22.9 Å². The van der Waals surface area contributed by atoms with Crippen LogP contribution in [0.5, 0.6) is 0 Å². The number of rotatable bonds is 3. The number of hydrogen-bond donors (Lipinski definition) is 0. The average molecular weight is 363 g/mol. The smallest absolute Gasteiger partial charge is 0.211 e. The van der Waals surface area contributed by atoms with Gasteiger partial charge in [-0.05, 0) is 32.0 Å². The summed E-state index contributed by atoms with van der Waals surface area (Å²) in [6.07, 6.45) is 1.18. The summed E-state index contributed by atoms with van der Waals surface area (Å²) in [4.78, 5) is 12.2. The first-order valence-electron chi connectivity index (χ1n) is 7.59. The minimum absolute atomic E-state index is 0.0280. The molecule has 0 fully saturated rings. The molecule has 0 saturated carbocycles. The van der Waals surface area contributed by atoms with Crippen molar-refractivity contribution < 1.29 is 17.2 Å². The highest BCUT2D eigenvalue weighted by molar-refractivity contribution is 7.91. The summed E-state index contributed by atoms with van der Waals surface area (Å²) in [6.45, 7) is 3.82. The molecule has 130 valence electrons. The van der Waals surface area contributed by atoms with E-state index in [0.29, 0.717) is 0 Å². The first kappa shape index (κ1) is 17.3. The molecule has 0 N–H and O–H groups in total. The van der Waals surface area contributed by atoms with Crippen LogP contribution in [0.4, 0.5) is 8.78 Å². The van der Waals surface area contributed by atoms with Crippen LogP contribution in [0, 0.1) is 18.6 Å². The highest BCUT2D eigenvalue weighted by Gasteiger charge is 2.24. The molecule has 3 rings (SSSR count). The second-order valence-corrected chi connectivity index (χ2v) is 7.63. The average Bonchev–Trinajstić information content (AvgIpc) is 2.57. The second-order valence-electron chi connectivity index (χ2n) is 5.71. The molecule has 2 aromatic carbocycles. The molecule has 0 radical (unpaired) electrons. The van der Waals surface area contributed by atoms with Gasteiger partial charge in [0, 0.05) is 18.8 Å². The van der Waals surface area contributed by atoms with Gasteiger partial charge in [-0.3, -0.25) is 4.79 Å². The Morgan fingerprint density at radius 3 is 2.24 bits per heavy atom. The molecule has 0 aliphatic rings. The van der Waals surface area contributed by atoms with Crippen molar-refractivity contribution in [1.82, 2.24) is 4.57 Å². The lowest BCUT2D eigenvalue weighted by molar-refractivity contribution is 0.510. The maximum Gasteiger partial charge on any atom is 0.211 e. The minimum atomic E-state index is -4.08. The van der Waals surface area contributed by atoms with Crippen LogP contribution in [0.25, 0.3) is 10.9 Å². The van der Waals surface area contributed by atoms with Crippen molar-refractivity contribution in [2.24, 2.45) is 0 Å². The van der Waals surface area contributed by atoms with Crippen molar-refractivity contribution in [2.45, 2.75) is 30.2 Å². The Hall–Kier alpha value is -2.54. The zero-order valence-corrected chi connectivity index (χ0v) is 14.4. The second kappa shape index (κ2) is 6.07. The normalized spacial score (nSPS) is 11.8. The number of aryl methyl sites for hydroxylation is 2. The molecule has 0 amide bonds. The number of pyridine rings is 1. The zero-order chi connectivity index (χ0) is 18.4. The molecule has 0 aliphatic carbocycles. The summed E-state index contributed by atoms with van der Waals surface area (Å²) in [7, 11) is -4.08. The van der Waals surface area contributed by atoms with Gasteiger partial charge in [-0.25, -0.2) is 17.2 Å². The SMILES string of the molecule is CCn1cc(S(=O)(=O)c2ccc(C)cc2)c(=O)c2cc(F)c(F)cc21. The number of nitrogens with zero attached hydrogens (tertiary/aromatic N) is 1. The quantitative estimate of drug-likeness (QED) is 0.716. The van der Waals surface area contributed by atoms with Gasteiger partial charge in [-0.2, -0.15) is 0 Å². The van der Waals surface area contributed by atoms with Crippen LogP contribution >= 0.6 is 0 Å². The fraction of sp³-hybridized carbons (Fsp3) is 0.167. The first-order chi connectivity index (χ1) is 11.8. The van der Waals surface area contributed by atoms with Crippen LogP contribution in [0.2, 0.25) is 0 Å². The van der Waals surface area contributed by atoms with Crippen molar-refractivity contribution >= 4 is 20.7 Å². The minimum Gasteiger partial charge on any atom is -0.346 e. The van der Waals surface area contributed by atoms with Crippen LogP contribution in [0.1, 0.15) is 12.5 Å². The molecule has 4 nitrogen and oxygen atoms in total. The number of benzene rings is 2. The molecule has 25 heavy (non-hydrogen) atoms. The maximum atomic E-state index is 13.6. The van der Waals surface area contributed by atoms with Gasteiger partial charge in [-0.15, -0.1) is 0 Å². The number of halogens is 2. The summed E-state index contributed by atoms with van der Waals surface area (Å²) < 4.78 is 54.2. The first-order valence-corrected chi connectivity index (χ1v) is 9.08. The molecule has 0 unspecified atom stereocenters. The summed E-state index contributed by atoms with van der Waals surface area (Å²) >= 11 is 0. The summed E-state index contributed by atoms with van der Waals surface area (Å²) in [6, 6.07) is 7.72. The van der Waals surface area contributed by atoms with Crippen molar-refractivity contribution in [1.29, 1.82) is 0 Å². The lowest BCUT2D eigenvalue weighted by Crippen LogP contribution is -2.19. The molecule has 0 aliphatic heterocycles. The van der Waals surface area contributed by atoms with Crippen molar-refractivity contribution in [3.8, 4) is 0 Å². The van der Waals surface area contributed by atoms with Crippen molar-refractivity contribution in [2.75, 3.05) is 0 Å². The fourth-order valence-electron chi connectivity index (χ4n) is 2.66. The van der Waals surface area contributed by atoms with Crippen LogP contribution in [-0.2, 0) is 16.4 Å². The highest BCUT2D eigenvalue weighted by atomic mass is 32.2. The predicted molar refractivity (Wildman–Crippen MR) is 90.4 cm³/mol. The highest BCUT2D eigenvalue weighted by Crippen LogP contribution is 2.23. The molecule has 0 bridgehead atoms. The number of fused-ring (bicyclic) bond motifs is 1. The van der Waals surface area contributed by atoms with E-state index >= 15 is 0 Å². The maximum absolute atomic E-state index is 13.6. The van der Waals surface area contributed by atoms with Gasteiger partial charge < -0.3 is 4.57 Å². The summed E-state index contributed by atoms with van der Waals surface area (Å²) in [5, 5.41) is -0.172. The van der Waals surface area contributed by atoms with E-state index in [1.807, 2.05) is 6.92 Å². The van der Waals surface area contributed by atoms with Crippen molar-refractivity contribution in [3.05, 3.63) is 70.0 Å². The van der Waals surface area contributed by atoms with Crippen LogP contribution in [0.3, 0.4) is 0 Å². The molecular formula is C18H15F2NO3S. The molecule has 3 aromatic rings. The van der Waals surface area contributed by atoms with Gasteiger partial charge in [0.15, 0.2) is 11.6 Å². The fourth-order valence-corrected chi connectivity index (χ4v) is 4.02. The topological polar surface area (TPSA) is 56.1 Å². The van der Waals surface area contributed by atoms with E-state index < -0.39 is 31.8 Å². The van der Waals surface area contributed by atoms with Gasteiger partial charge in [0.05, 0.1) is 15.8 Å². The van der Waals surface area contributed by atoms with Gasteiger partial charge in [-0.1, -0.05) is 17.7 Å². The third kappa shape index (κ3) is 2.84. The van der Waals surface area contributed by atoms with Crippen LogP contribution < -0.4 is 5.43 Å². The number of aromatic nitrogens is 1. The molecule has 0 atom stereocenters. The van der Waals surface area contributed by atoms with E-state index in [2.05, 4.69) is 0 Å². The Balaban J connectivity index is 2.37. The summed E-state index contributed by atoms with van der Waals surface area (Å²) in [5.74, 6) is -2.29. The third-order valence-corrected chi connectivity index (χ3v) is 5.81. The van der Waals surface area contributed by atoms with E-state index in [4.69, 9.17) is 0 Å². The lowest BCUT2D eigenvalue weighted by atomic mass is 10.2. The van der Waals surface area contributed by atoms with Crippen LogP contribution in [0.15, 0.2) is 57.2 Å². The largest absolute Gasteiger partial charge is 0.346 e. The van der Waals surface area contributed by atoms with Gasteiger partial charge in [0.1, 0.15) is 4.90 Å². The van der Waals surface area contributed by atoms with E-state index in [1.54, 1.807) is 19.1 Å². The van der Waals surface area contributed by atoms with Gasteiger partial charge in [0.2, 0.25) is 15.3 Å². The molecule has 0 saturated heterocycles. The molecule has 1 aromatic heterocycles. The number of sulfone groups is 1. The van der Waals surface area contributed by atoms with Crippen molar-refractivity contribution in [3.63, 3.8) is 0 Å². The Kier molecular flexibility index (Phi) is 4.20. The third-order valence-electron chi connectivity index (χ3n) is 4.05. The van der Waals surface area contributed by atoms with Gasteiger partial charge >= 0.3 is 0 Å². The summed E-state index contributed by atoms with van der Waals surface area (Å²) in [5.41, 5.74) is 0.175. The monoisotopic (exact) mass is 363 g/mol. The van der Waals surface area contributed by atoms with E-state index in [-0.39, 0.29) is 22.3 Å². The Morgan fingerprint density at radius 1 is 1.04 bits per heavy atom. The molecule has 1 heterocycles. The van der Waals surface area contributed by atoms with E-state index in [9.17, 15) is 22.0 Å². The van der Waals surface area contributed by atoms with Crippen LogP contribution in [-0.4, -0.2) is 13.0 Å². The number of hydrogen-bond acceptors (Lipinski definition) is 3. The lowest BCUT2D eigenvalue weighted by Gasteiger charge is -2.12.